The predicted molar refractivity (Wildman–Crippen MR) is 125 cm³/mol. The van der Waals surface area contributed by atoms with Crippen molar-refractivity contribution in [2.45, 2.75) is 39.0 Å². The maximum Gasteiger partial charge on any atom is 0.253 e. The molecule has 0 radical (unpaired) electrons. The van der Waals surface area contributed by atoms with Gasteiger partial charge in [0.15, 0.2) is 5.11 Å². The molecule has 0 spiro atoms. The number of thiocarbonyl (C=S) groups is 1. The van der Waals surface area contributed by atoms with Gasteiger partial charge in [-0.2, -0.15) is 0 Å². The highest BCUT2D eigenvalue weighted by Gasteiger charge is 2.22. The minimum atomic E-state index is -0.0694. The molecule has 5 nitrogen and oxygen atoms in total. The highest BCUT2D eigenvalue weighted by Crippen LogP contribution is 2.18. The molecule has 1 fully saturated rings. The van der Waals surface area contributed by atoms with Gasteiger partial charge in [0, 0.05) is 25.3 Å². The first kappa shape index (κ1) is 20.6. The first-order chi connectivity index (χ1) is 14.6. The summed E-state index contributed by atoms with van der Waals surface area (Å²) in [7, 11) is 0. The summed E-state index contributed by atoms with van der Waals surface area (Å²) in [5.74, 6) is 0. The fourth-order valence-corrected chi connectivity index (χ4v) is 4.10. The van der Waals surface area contributed by atoms with Crippen molar-refractivity contribution in [1.29, 1.82) is 0 Å². The van der Waals surface area contributed by atoms with Crippen LogP contribution < -0.4 is 10.9 Å². The number of H-pyrrole nitrogens is 1. The second-order valence-corrected chi connectivity index (χ2v) is 8.21. The Morgan fingerprint density at radius 2 is 2.07 bits per heavy atom. The molecule has 2 aromatic carbocycles. The maximum absolute atomic E-state index is 12.8. The quantitative estimate of drug-likeness (QED) is 0.592. The number of aromatic nitrogens is 1. The predicted octanol–water partition coefficient (Wildman–Crippen LogP) is 3.89. The molecule has 156 valence electrons. The smallest absolute Gasteiger partial charge is 0.253 e. The van der Waals surface area contributed by atoms with Crippen molar-refractivity contribution in [2.75, 3.05) is 13.2 Å². The molecule has 3 aromatic rings. The molecular weight excluding hydrogens is 394 g/mol. The van der Waals surface area contributed by atoms with Gasteiger partial charge in [0.05, 0.1) is 18.2 Å². The summed E-state index contributed by atoms with van der Waals surface area (Å²) in [6.45, 7) is 4.56. The van der Waals surface area contributed by atoms with Gasteiger partial charge in [0.1, 0.15) is 0 Å². The molecular formula is C24H27N3O2S. The fraction of sp³-hybridized carbons (Fsp3) is 0.333. The van der Waals surface area contributed by atoms with Gasteiger partial charge in [-0.3, -0.25) is 4.79 Å². The lowest BCUT2D eigenvalue weighted by molar-refractivity contribution is 0.0896. The van der Waals surface area contributed by atoms with Gasteiger partial charge < -0.3 is 19.9 Å². The Bertz CT molecular complexity index is 1070. The molecule has 1 aromatic heterocycles. The zero-order valence-electron chi connectivity index (χ0n) is 17.2. The van der Waals surface area contributed by atoms with Crippen LogP contribution in [-0.2, 0) is 17.8 Å². The van der Waals surface area contributed by atoms with E-state index in [1.165, 1.54) is 0 Å². The number of fused-ring (bicyclic) bond motifs is 1. The normalized spacial score (nSPS) is 16.0. The number of nitrogens with zero attached hydrogens (tertiary/aromatic N) is 1. The van der Waals surface area contributed by atoms with E-state index in [1.54, 1.807) is 0 Å². The van der Waals surface area contributed by atoms with Crippen LogP contribution >= 0.6 is 12.2 Å². The van der Waals surface area contributed by atoms with Crippen molar-refractivity contribution in [1.82, 2.24) is 15.2 Å². The molecule has 0 aliphatic carbocycles. The molecule has 30 heavy (non-hydrogen) atoms. The van der Waals surface area contributed by atoms with Gasteiger partial charge in [-0.1, -0.05) is 48.5 Å². The molecule has 1 saturated heterocycles. The molecule has 4 rings (SSSR count). The van der Waals surface area contributed by atoms with Crippen LogP contribution in [0.25, 0.3) is 10.9 Å². The lowest BCUT2D eigenvalue weighted by atomic mass is 10.1. The third kappa shape index (κ3) is 4.89. The van der Waals surface area contributed by atoms with Crippen molar-refractivity contribution in [3.8, 4) is 0 Å². The Hall–Kier alpha value is -2.70. The van der Waals surface area contributed by atoms with E-state index in [9.17, 15) is 4.79 Å². The molecule has 0 bridgehead atoms. The first-order valence-electron chi connectivity index (χ1n) is 10.4. The lowest BCUT2D eigenvalue weighted by Gasteiger charge is -2.28. The molecule has 2 heterocycles. The van der Waals surface area contributed by atoms with Crippen LogP contribution in [0.2, 0.25) is 0 Å². The van der Waals surface area contributed by atoms with Gasteiger partial charge in [-0.25, -0.2) is 0 Å². The SMILES string of the molecule is Cc1cccc2cc(CN(C[C@@H]3CCCO3)C(=S)NCc3ccccc3)c(=O)[nH]c12. The summed E-state index contributed by atoms with van der Waals surface area (Å²) < 4.78 is 5.84. The highest BCUT2D eigenvalue weighted by molar-refractivity contribution is 7.80. The molecule has 6 heteroatoms. The van der Waals surface area contributed by atoms with Gasteiger partial charge in [0.25, 0.3) is 5.56 Å². The highest BCUT2D eigenvalue weighted by atomic mass is 32.1. The Morgan fingerprint density at radius 1 is 1.23 bits per heavy atom. The fourth-order valence-electron chi connectivity index (χ4n) is 3.89. The van der Waals surface area contributed by atoms with E-state index in [1.807, 2.05) is 49.4 Å². The van der Waals surface area contributed by atoms with Gasteiger partial charge >= 0.3 is 0 Å². The summed E-state index contributed by atoms with van der Waals surface area (Å²) in [6, 6.07) is 18.2. The van der Waals surface area contributed by atoms with Gasteiger partial charge in [-0.15, -0.1) is 0 Å². The lowest BCUT2D eigenvalue weighted by Crippen LogP contribution is -2.43. The van der Waals surface area contributed by atoms with Crippen LogP contribution in [-0.4, -0.2) is 34.3 Å². The molecule has 1 aliphatic heterocycles. The van der Waals surface area contributed by atoms with E-state index in [4.69, 9.17) is 17.0 Å². The standard InChI is InChI=1S/C24H27N3O2S/c1-17-7-5-10-19-13-20(23(28)26-22(17)19)15-27(16-21-11-6-12-29-21)24(30)25-14-18-8-3-2-4-9-18/h2-5,7-10,13,21H,6,11-12,14-16H2,1H3,(H,25,30)(H,26,28)/t21-/m0/s1. The molecule has 0 unspecified atom stereocenters. The average Bonchev–Trinajstić information content (AvgIpc) is 3.27. The third-order valence-corrected chi connectivity index (χ3v) is 5.95. The average molecular weight is 422 g/mol. The Morgan fingerprint density at radius 3 is 2.83 bits per heavy atom. The largest absolute Gasteiger partial charge is 0.376 e. The van der Waals surface area contributed by atoms with E-state index < -0.39 is 0 Å². The monoisotopic (exact) mass is 421 g/mol. The minimum absolute atomic E-state index is 0.0694. The molecule has 1 atom stereocenters. The topological polar surface area (TPSA) is 57.4 Å². The van der Waals surface area contributed by atoms with Crippen molar-refractivity contribution < 1.29 is 4.74 Å². The summed E-state index contributed by atoms with van der Waals surface area (Å²) in [6.07, 6.45) is 2.23. The molecule has 1 aliphatic rings. The van der Waals surface area contributed by atoms with Gasteiger partial charge in [0.2, 0.25) is 0 Å². The number of aromatic amines is 1. The number of nitrogens with one attached hydrogen (secondary N) is 2. The van der Waals surface area contributed by atoms with Crippen LogP contribution in [0.5, 0.6) is 0 Å². The summed E-state index contributed by atoms with van der Waals surface area (Å²) in [5.41, 5.74) is 3.75. The van der Waals surface area contributed by atoms with E-state index in [0.29, 0.717) is 30.3 Å². The van der Waals surface area contributed by atoms with Crippen molar-refractivity contribution >= 4 is 28.2 Å². The number of rotatable bonds is 6. The van der Waals surface area contributed by atoms with Crippen molar-refractivity contribution in [2.24, 2.45) is 0 Å². The Balaban J connectivity index is 1.54. The summed E-state index contributed by atoms with van der Waals surface area (Å²) in [5, 5.41) is 5.02. The Labute approximate surface area is 182 Å². The number of hydrogen-bond donors (Lipinski definition) is 2. The number of aryl methyl sites for hydroxylation is 1. The second-order valence-electron chi connectivity index (χ2n) is 7.82. The van der Waals surface area contributed by atoms with Crippen LogP contribution in [0.4, 0.5) is 0 Å². The van der Waals surface area contributed by atoms with E-state index in [-0.39, 0.29) is 11.7 Å². The second kappa shape index (κ2) is 9.41. The van der Waals surface area contributed by atoms with Crippen LogP contribution in [0, 0.1) is 6.92 Å². The van der Waals surface area contributed by atoms with Crippen LogP contribution in [0.15, 0.2) is 59.4 Å². The van der Waals surface area contributed by atoms with E-state index in [2.05, 4.69) is 27.3 Å². The zero-order chi connectivity index (χ0) is 20.9. The van der Waals surface area contributed by atoms with Crippen molar-refractivity contribution in [3.63, 3.8) is 0 Å². The van der Waals surface area contributed by atoms with Gasteiger partial charge in [-0.05, 0) is 54.6 Å². The number of benzene rings is 2. The number of ether oxygens (including phenoxy) is 1. The Kier molecular flexibility index (Phi) is 6.45. The zero-order valence-corrected chi connectivity index (χ0v) is 18.0. The molecule has 0 amide bonds. The minimum Gasteiger partial charge on any atom is -0.376 e. The maximum atomic E-state index is 12.8. The van der Waals surface area contributed by atoms with Crippen LogP contribution in [0.1, 0.15) is 29.5 Å². The number of para-hydroxylation sites is 1. The molecule has 2 N–H and O–H groups in total. The number of pyridine rings is 1. The van der Waals surface area contributed by atoms with Crippen molar-refractivity contribution in [3.05, 3.63) is 81.6 Å². The first-order valence-corrected chi connectivity index (χ1v) is 10.8. The third-order valence-electron chi connectivity index (χ3n) is 5.55. The summed E-state index contributed by atoms with van der Waals surface area (Å²) >= 11 is 5.72. The summed E-state index contributed by atoms with van der Waals surface area (Å²) in [4.78, 5) is 17.9. The van der Waals surface area contributed by atoms with E-state index >= 15 is 0 Å². The molecule has 0 saturated carbocycles. The van der Waals surface area contributed by atoms with Crippen LogP contribution in [0.3, 0.4) is 0 Å². The number of hydrogen-bond acceptors (Lipinski definition) is 3. The van der Waals surface area contributed by atoms with E-state index in [0.717, 1.165) is 41.5 Å².